The van der Waals surface area contributed by atoms with Gasteiger partial charge in [-0.25, -0.2) is 8.42 Å². The number of anilines is 1. The molecule has 0 unspecified atom stereocenters. The van der Waals surface area contributed by atoms with Crippen LogP contribution in [0, 0.1) is 0 Å². The highest BCUT2D eigenvalue weighted by Gasteiger charge is 2.47. The average Bonchev–Trinajstić information content (AvgIpc) is 3.23. The van der Waals surface area contributed by atoms with Crippen LogP contribution in [-0.2, 0) is 24.3 Å². The average molecular weight is 452 g/mol. The fraction of sp³-hybridized carbons (Fsp3) is 0.682. The van der Waals surface area contributed by atoms with Crippen LogP contribution < -0.4 is 5.32 Å². The second-order valence-electron chi connectivity index (χ2n) is 8.78. The molecule has 2 atom stereocenters. The summed E-state index contributed by atoms with van der Waals surface area (Å²) in [6.45, 7) is 3.52. The molecule has 1 spiro atoms. The van der Waals surface area contributed by atoms with Crippen molar-refractivity contribution in [2.75, 3.05) is 51.8 Å². The summed E-state index contributed by atoms with van der Waals surface area (Å²) in [5.74, 6) is -0.156. The number of likely N-dealkylation sites (tertiary alicyclic amines) is 1. The molecule has 31 heavy (non-hydrogen) atoms. The number of amides is 1. The number of hydrogen-bond acceptors (Lipinski definition) is 6. The summed E-state index contributed by atoms with van der Waals surface area (Å²) in [7, 11) is -1.81. The van der Waals surface area contributed by atoms with Crippen LogP contribution in [0.1, 0.15) is 38.5 Å². The lowest BCUT2D eigenvalue weighted by atomic mass is 9.87. The van der Waals surface area contributed by atoms with Crippen LogP contribution in [-0.4, -0.2) is 81.7 Å². The van der Waals surface area contributed by atoms with Crippen molar-refractivity contribution < 1.29 is 22.7 Å². The molecule has 3 saturated heterocycles. The molecule has 3 aliphatic rings. The van der Waals surface area contributed by atoms with Gasteiger partial charge in [-0.05, 0) is 50.3 Å². The second kappa shape index (κ2) is 9.54. The van der Waals surface area contributed by atoms with Crippen molar-refractivity contribution >= 4 is 21.6 Å². The minimum atomic E-state index is -3.53. The minimum Gasteiger partial charge on any atom is -0.378 e. The number of ether oxygens (including phenoxy) is 2. The Morgan fingerprint density at radius 2 is 2.03 bits per heavy atom. The summed E-state index contributed by atoms with van der Waals surface area (Å²) >= 11 is 0. The molecule has 3 aliphatic heterocycles. The number of benzene rings is 1. The highest BCUT2D eigenvalue weighted by molar-refractivity contribution is 7.89. The van der Waals surface area contributed by atoms with Crippen LogP contribution >= 0.6 is 0 Å². The number of carbonyl (C=O) groups is 1. The van der Waals surface area contributed by atoms with Crippen molar-refractivity contribution in [1.82, 2.24) is 9.21 Å². The Bertz CT molecular complexity index is 879. The van der Waals surface area contributed by atoms with E-state index in [0.29, 0.717) is 25.3 Å². The second-order valence-corrected chi connectivity index (χ2v) is 10.7. The van der Waals surface area contributed by atoms with Gasteiger partial charge < -0.3 is 14.8 Å². The predicted octanol–water partition coefficient (Wildman–Crippen LogP) is 2.07. The summed E-state index contributed by atoms with van der Waals surface area (Å²) in [6, 6.07) is 6.56. The van der Waals surface area contributed by atoms with E-state index in [2.05, 4.69) is 10.2 Å². The molecule has 4 rings (SSSR count). The first-order chi connectivity index (χ1) is 14.9. The van der Waals surface area contributed by atoms with Gasteiger partial charge in [-0.2, -0.15) is 4.31 Å². The van der Waals surface area contributed by atoms with Crippen molar-refractivity contribution in [3.63, 3.8) is 0 Å². The third-order valence-electron chi connectivity index (χ3n) is 6.64. The van der Waals surface area contributed by atoms with E-state index < -0.39 is 10.0 Å². The van der Waals surface area contributed by atoms with Gasteiger partial charge in [0.05, 0.1) is 17.5 Å². The van der Waals surface area contributed by atoms with Gasteiger partial charge in [0, 0.05) is 45.6 Å². The zero-order chi connectivity index (χ0) is 21.9. The first-order valence-corrected chi connectivity index (χ1v) is 12.7. The van der Waals surface area contributed by atoms with Crippen LogP contribution in [0.25, 0.3) is 0 Å². The van der Waals surface area contributed by atoms with E-state index in [1.807, 2.05) is 0 Å². The maximum absolute atomic E-state index is 12.9. The van der Waals surface area contributed by atoms with E-state index in [4.69, 9.17) is 9.47 Å². The zero-order valence-corrected chi connectivity index (χ0v) is 19.0. The SMILES string of the molecule is CO[C@H]1CCN(CC(=O)Nc2cccc(S(=O)(=O)N3CCCCC3)c2)C[C@@]12CCCO2. The summed E-state index contributed by atoms with van der Waals surface area (Å²) in [5, 5.41) is 2.87. The number of methoxy groups -OCH3 is 1. The number of piperidine rings is 2. The van der Waals surface area contributed by atoms with Crippen LogP contribution in [0.3, 0.4) is 0 Å². The number of nitrogens with one attached hydrogen (secondary N) is 1. The van der Waals surface area contributed by atoms with E-state index in [-0.39, 0.29) is 29.1 Å². The summed E-state index contributed by atoms with van der Waals surface area (Å²) < 4.78 is 39.1. The summed E-state index contributed by atoms with van der Waals surface area (Å²) in [6.07, 6.45) is 5.69. The van der Waals surface area contributed by atoms with Gasteiger partial charge in [0.2, 0.25) is 15.9 Å². The lowest BCUT2D eigenvalue weighted by Gasteiger charge is -2.44. The van der Waals surface area contributed by atoms with E-state index >= 15 is 0 Å². The molecule has 1 amide bonds. The van der Waals surface area contributed by atoms with E-state index in [1.165, 1.54) is 0 Å². The van der Waals surface area contributed by atoms with Crippen LogP contribution in [0.4, 0.5) is 5.69 Å². The molecule has 1 N–H and O–H groups in total. The molecule has 1 aromatic carbocycles. The molecule has 8 nitrogen and oxygen atoms in total. The molecule has 0 bridgehead atoms. The molecule has 1 aromatic rings. The lowest BCUT2D eigenvalue weighted by molar-refractivity contribution is -0.146. The monoisotopic (exact) mass is 451 g/mol. The third-order valence-corrected chi connectivity index (χ3v) is 8.54. The van der Waals surface area contributed by atoms with Gasteiger partial charge in [0.1, 0.15) is 5.60 Å². The van der Waals surface area contributed by atoms with Crippen LogP contribution in [0.5, 0.6) is 0 Å². The highest BCUT2D eigenvalue weighted by Crippen LogP contribution is 2.36. The molecule has 3 heterocycles. The standard InChI is InChI=1S/C22H33N3O5S/c1-29-20-9-13-24(17-22(20)10-6-14-30-22)16-21(26)23-18-7-5-8-19(15-18)31(27,28)25-11-3-2-4-12-25/h5,7-8,15,20H,2-4,6,9-14,16-17H2,1H3,(H,23,26)/t20-,22-/m0/s1. The first kappa shape index (κ1) is 22.7. The van der Waals surface area contributed by atoms with Crippen molar-refractivity contribution in [3.8, 4) is 0 Å². The van der Waals surface area contributed by atoms with Gasteiger partial charge in [0.25, 0.3) is 0 Å². The Kier molecular flexibility index (Phi) is 6.98. The van der Waals surface area contributed by atoms with Crippen LogP contribution in [0.2, 0.25) is 0 Å². The van der Waals surface area contributed by atoms with Gasteiger partial charge in [-0.3, -0.25) is 9.69 Å². The predicted molar refractivity (Wildman–Crippen MR) is 117 cm³/mol. The maximum atomic E-state index is 12.9. The van der Waals surface area contributed by atoms with Gasteiger partial charge >= 0.3 is 0 Å². The molecular formula is C22H33N3O5S. The Hall–Kier alpha value is -1.52. The molecule has 9 heteroatoms. The Labute approximate surface area is 184 Å². The minimum absolute atomic E-state index is 0.0611. The number of rotatable bonds is 6. The van der Waals surface area contributed by atoms with E-state index in [1.54, 1.807) is 35.7 Å². The van der Waals surface area contributed by atoms with Crippen LogP contribution in [0.15, 0.2) is 29.2 Å². The number of carbonyl (C=O) groups excluding carboxylic acids is 1. The Morgan fingerprint density at radius 1 is 1.23 bits per heavy atom. The highest BCUT2D eigenvalue weighted by atomic mass is 32.2. The zero-order valence-electron chi connectivity index (χ0n) is 18.2. The summed E-state index contributed by atoms with van der Waals surface area (Å²) in [4.78, 5) is 15.0. The van der Waals surface area contributed by atoms with Gasteiger partial charge in [-0.15, -0.1) is 0 Å². The number of sulfonamides is 1. The summed E-state index contributed by atoms with van der Waals surface area (Å²) in [5.41, 5.74) is 0.178. The van der Waals surface area contributed by atoms with Gasteiger partial charge in [-0.1, -0.05) is 12.5 Å². The molecule has 0 aromatic heterocycles. The first-order valence-electron chi connectivity index (χ1n) is 11.2. The van der Waals surface area contributed by atoms with Crippen molar-refractivity contribution in [3.05, 3.63) is 24.3 Å². The quantitative estimate of drug-likeness (QED) is 0.712. The lowest BCUT2D eigenvalue weighted by Crippen LogP contribution is -2.58. The fourth-order valence-corrected chi connectivity index (χ4v) is 6.64. The topological polar surface area (TPSA) is 88.2 Å². The molecule has 3 fully saturated rings. The van der Waals surface area contributed by atoms with Crippen molar-refractivity contribution in [2.24, 2.45) is 0 Å². The van der Waals surface area contributed by atoms with Crippen molar-refractivity contribution in [2.45, 2.75) is 55.1 Å². The van der Waals surface area contributed by atoms with Gasteiger partial charge in [0.15, 0.2) is 0 Å². The molecule has 0 saturated carbocycles. The molecule has 0 radical (unpaired) electrons. The van der Waals surface area contributed by atoms with E-state index in [9.17, 15) is 13.2 Å². The van der Waals surface area contributed by atoms with Crippen molar-refractivity contribution in [1.29, 1.82) is 0 Å². The fourth-order valence-electron chi connectivity index (χ4n) is 5.08. The number of nitrogens with zero attached hydrogens (tertiary/aromatic N) is 2. The molecular weight excluding hydrogens is 418 g/mol. The normalized spacial score (nSPS) is 28.1. The smallest absolute Gasteiger partial charge is 0.243 e. The Morgan fingerprint density at radius 3 is 2.74 bits per heavy atom. The van der Waals surface area contributed by atoms with E-state index in [0.717, 1.165) is 51.7 Å². The molecule has 172 valence electrons. The largest absolute Gasteiger partial charge is 0.378 e. The number of hydrogen-bond donors (Lipinski definition) is 1. The third kappa shape index (κ3) is 4.96. The molecule has 0 aliphatic carbocycles. The maximum Gasteiger partial charge on any atom is 0.243 e. The Balaban J connectivity index is 1.38.